The Kier molecular flexibility index (Phi) is 7.21. The van der Waals surface area contributed by atoms with Crippen molar-refractivity contribution >= 4 is 50.0 Å². The van der Waals surface area contributed by atoms with E-state index in [1.165, 1.54) is 32.9 Å². The van der Waals surface area contributed by atoms with Gasteiger partial charge in [-0.3, -0.25) is 15.0 Å². The Morgan fingerprint density at radius 3 is 2.81 bits per heavy atom. The van der Waals surface area contributed by atoms with Gasteiger partial charge in [-0.1, -0.05) is 12.1 Å². The average molecular weight is 613 g/mol. The summed E-state index contributed by atoms with van der Waals surface area (Å²) in [5.74, 6) is -0.807. The molecule has 42 heavy (non-hydrogen) atoms. The minimum absolute atomic E-state index is 0.0197. The van der Waals surface area contributed by atoms with Crippen LogP contribution in [0.5, 0.6) is 0 Å². The maximum atomic E-state index is 13.7. The first-order valence-corrected chi connectivity index (χ1v) is 15.3. The number of rotatable bonds is 7. The molecular formula is C24H28N12O4S2. The summed E-state index contributed by atoms with van der Waals surface area (Å²) in [7, 11) is -4.12. The van der Waals surface area contributed by atoms with Gasteiger partial charge < -0.3 is 21.3 Å². The molecule has 2 atom stereocenters. The molecular weight excluding hydrogens is 584 g/mol. The van der Waals surface area contributed by atoms with Crippen LogP contribution in [0.2, 0.25) is 0 Å². The first-order valence-electron chi connectivity index (χ1n) is 13.1. The van der Waals surface area contributed by atoms with Gasteiger partial charge in [0.2, 0.25) is 5.91 Å². The van der Waals surface area contributed by atoms with E-state index < -0.39 is 28.1 Å². The predicted molar refractivity (Wildman–Crippen MR) is 152 cm³/mol. The zero-order chi connectivity index (χ0) is 29.6. The number of aromatic amines is 1. The number of amidine groups is 1. The van der Waals surface area contributed by atoms with E-state index >= 15 is 0 Å². The van der Waals surface area contributed by atoms with Crippen LogP contribution in [0.4, 0.5) is 0 Å². The Bertz CT molecular complexity index is 1780. The standard InChI is InChI=1S/C24H28N12O4S2/c1-13-6-17-19(8-27-13)41-23(29-17)24(38)36-5-4-34(12-18(36)22(37)28-9-20-30-32-33-31-20)42(39,40)35-10-15-3-2-14(21(25)26)7-16(15)11-35/h2-3,7,10-11,13,18,27H,4-6,8-9,12H2,1H3,(H3,25,26)(H,28,37)(H,30,31,32,33). The molecule has 0 saturated carbocycles. The van der Waals surface area contributed by atoms with Crippen molar-refractivity contribution in [2.75, 3.05) is 19.6 Å². The SMILES string of the molecule is CC1Cc2nc(C(=O)N3CCN(S(=O)(=O)n4cc5ccc(C(=N)N)cc5c4)CC3C(=O)NCc3nnn[nH]3)sc2CN1. The van der Waals surface area contributed by atoms with E-state index in [-0.39, 0.29) is 43.1 Å². The Hall–Kier alpha value is -4.26. The highest BCUT2D eigenvalue weighted by Crippen LogP contribution is 2.27. The number of H-pyrrole nitrogens is 1. The monoisotopic (exact) mass is 612 g/mol. The molecule has 1 fully saturated rings. The second-order valence-electron chi connectivity index (χ2n) is 10.2. The molecule has 2 aliphatic rings. The van der Waals surface area contributed by atoms with Crippen LogP contribution < -0.4 is 16.4 Å². The topological polar surface area (TPSA) is 221 Å². The van der Waals surface area contributed by atoms with Gasteiger partial charge in [0.1, 0.15) is 11.9 Å². The van der Waals surface area contributed by atoms with Gasteiger partial charge in [0.25, 0.3) is 5.91 Å². The maximum absolute atomic E-state index is 13.7. The number of carbonyl (C=O) groups excluding carboxylic acids is 2. The van der Waals surface area contributed by atoms with E-state index in [0.717, 1.165) is 14.5 Å². The second kappa shape index (κ2) is 10.9. The molecule has 5 heterocycles. The first kappa shape index (κ1) is 27.9. The highest BCUT2D eigenvalue weighted by atomic mass is 32.2. The summed E-state index contributed by atoms with van der Waals surface area (Å²) in [6, 6.07) is 4.07. The third-order valence-corrected chi connectivity index (χ3v) is 10.1. The van der Waals surface area contributed by atoms with E-state index in [2.05, 4.69) is 36.2 Å². The summed E-state index contributed by atoms with van der Waals surface area (Å²) in [4.78, 5) is 34.1. The Balaban J connectivity index is 1.27. The van der Waals surface area contributed by atoms with Crippen LogP contribution >= 0.6 is 11.3 Å². The number of hydrogen-bond acceptors (Lipinski definition) is 11. The Morgan fingerprint density at radius 1 is 1.24 bits per heavy atom. The molecule has 2 aliphatic heterocycles. The van der Waals surface area contributed by atoms with Gasteiger partial charge in [0.15, 0.2) is 10.8 Å². The van der Waals surface area contributed by atoms with Gasteiger partial charge in [-0.15, -0.1) is 16.4 Å². The van der Waals surface area contributed by atoms with Crippen LogP contribution in [0.15, 0.2) is 30.6 Å². The van der Waals surface area contributed by atoms with Crippen LogP contribution in [0.25, 0.3) is 10.8 Å². The van der Waals surface area contributed by atoms with E-state index in [1.54, 1.807) is 18.2 Å². The molecule has 0 aliphatic carbocycles. The molecule has 2 unspecified atom stereocenters. The lowest BCUT2D eigenvalue weighted by molar-refractivity contribution is -0.127. The summed E-state index contributed by atoms with van der Waals surface area (Å²) < 4.78 is 29.7. The molecule has 4 aromatic rings. The van der Waals surface area contributed by atoms with E-state index in [1.807, 2.05) is 6.92 Å². The van der Waals surface area contributed by atoms with Crippen LogP contribution in [0.1, 0.15) is 38.7 Å². The number of fused-ring (bicyclic) bond motifs is 2. The molecule has 0 bridgehead atoms. The number of amides is 2. The number of thiazole rings is 1. The zero-order valence-electron chi connectivity index (χ0n) is 22.4. The number of hydrogen-bond donors (Lipinski definition) is 5. The van der Waals surface area contributed by atoms with Crippen molar-refractivity contribution in [3.8, 4) is 0 Å². The molecule has 16 nitrogen and oxygen atoms in total. The quantitative estimate of drug-likeness (QED) is 0.129. The normalized spacial score (nSPS) is 19.5. The van der Waals surface area contributed by atoms with Crippen molar-refractivity contribution in [3.05, 3.63) is 57.6 Å². The number of benzene rings is 1. The summed E-state index contributed by atoms with van der Waals surface area (Å²) in [5, 5.41) is 28.5. The van der Waals surface area contributed by atoms with Crippen molar-refractivity contribution in [1.82, 2.24) is 49.4 Å². The van der Waals surface area contributed by atoms with Crippen molar-refractivity contribution in [2.24, 2.45) is 5.73 Å². The van der Waals surface area contributed by atoms with Gasteiger partial charge in [-0.2, -0.15) is 12.7 Å². The number of nitrogens with zero attached hydrogens (tertiary/aromatic N) is 7. The van der Waals surface area contributed by atoms with Crippen molar-refractivity contribution in [1.29, 1.82) is 5.41 Å². The molecule has 18 heteroatoms. The van der Waals surface area contributed by atoms with Crippen molar-refractivity contribution < 1.29 is 18.0 Å². The number of nitrogens with one attached hydrogen (secondary N) is 4. The van der Waals surface area contributed by atoms with Gasteiger partial charge in [0, 0.05) is 72.2 Å². The molecule has 6 rings (SSSR count). The van der Waals surface area contributed by atoms with Crippen LogP contribution in [0, 0.1) is 5.41 Å². The van der Waals surface area contributed by atoms with Gasteiger partial charge >= 0.3 is 10.2 Å². The number of aromatic nitrogens is 6. The average Bonchev–Trinajstić information content (AvgIpc) is 3.74. The number of nitrogen functional groups attached to an aromatic ring is 1. The Morgan fingerprint density at radius 2 is 2.05 bits per heavy atom. The van der Waals surface area contributed by atoms with Crippen molar-refractivity contribution in [3.63, 3.8) is 0 Å². The molecule has 0 radical (unpaired) electrons. The van der Waals surface area contributed by atoms with Crippen LogP contribution in [0.3, 0.4) is 0 Å². The third kappa shape index (κ3) is 5.24. The molecule has 3 aromatic heterocycles. The van der Waals surface area contributed by atoms with Gasteiger partial charge in [0.05, 0.1) is 12.2 Å². The fourth-order valence-electron chi connectivity index (χ4n) is 5.05. The molecule has 1 saturated heterocycles. The smallest absolute Gasteiger partial charge is 0.307 e. The highest BCUT2D eigenvalue weighted by molar-refractivity contribution is 7.87. The number of nitrogens with two attached hydrogens (primary N) is 1. The van der Waals surface area contributed by atoms with E-state index in [0.29, 0.717) is 35.1 Å². The minimum Gasteiger partial charge on any atom is -0.384 e. The first-order chi connectivity index (χ1) is 20.1. The fraction of sp³-hybridized carbons (Fsp3) is 0.375. The number of piperazine rings is 1. The summed E-state index contributed by atoms with van der Waals surface area (Å²) in [6.45, 7) is 2.31. The summed E-state index contributed by atoms with van der Waals surface area (Å²) in [5.41, 5.74) is 6.92. The third-order valence-electron chi connectivity index (χ3n) is 7.32. The molecule has 0 spiro atoms. The fourth-order valence-corrected chi connectivity index (χ4v) is 7.45. The maximum Gasteiger partial charge on any atom is 0.307 e. The lowest BCUT2D eigenvalue weighted by atomic mass is 10.1. The van der Waals surface area contributed by atoms with E-state index in [9.17, 15) is 18.0 Å². The molecule has 6 N–H and O–H groups in total. The number of carbonyl (C=O) groups is 2. The van der Waals surface area contributed by atoms with Crippen molar-refractivity contribution in [2.45, 2.75) is 38.5 Å². The molecule has 2 amide bonds. The summed E-state index contributed by atoms with van der Waals surface area (Å²) in [6.07, 6.45) is 3.60. The lowest BCUT2D eigenvalue weighted by Crippen LogP contribution is -2.61. The van der Waals surface area contributed by atoms with Crippen LogP contribution in [-0.4, -0.2) is 96.6 Å². The lowest BCUT2D eigenvalue weighted by Gasteiger charge is -2.39. The molecule has 220 valence electrons. The van der Waals surface area contributed by atoms with Gasteiger partial charge in [-0.25, -0.2) is 14.1 Å². The predicted octanol–water partition coefficient (Wildman–Crippen LogP) is -0.835. The number of tetrazole rings is 1. The summed E-state index contributed by atoms with van der Waals surface area (Å²) >= 11 is 1.28. The second-order valence-corrected chi connectivity index (χ2v) is 13.1. The van der Waals surface area contributed by atoms with E-state index in [4.69, 9.17) is 11.1 Å². The zero-order valence-corrected chi connectivity index (χ0v) is 24.1. The largest absolute Gasteiger partial charge is 0.384 e. The highest BCUT2D eigenvalue weighted by Gasteiger charge is 2.41. The minimum atomic E-state index is -4.12. The van der Waals surface area contributed by atoms with Crippen LogP contribution in [-0.2, 0) is 34.5 Å². The van der Waals surface area contributed by atoms with Gasteiger partial charge in [-0.05, 0) is 23.4 Å². The molecule has 1 aromatic carbocycles. The Labute approximate surface area is 244 Å².